The fourth-order valence-electron chi connectivity index (χ4n) is 3.17. The van der Waals surface area contributed by atoms with E-state index in [1.807, 2.05) is 4.57 Å². The van der Waals surface area contributed by atoms with Gasteiger partial charge >= 0.3 is 5.97 Å². The second kappa shape index (κ2) is 6.67. The molecule has 2 N–H and O–H groups in total. The van der Waals surface area contributed by atoms with Gasteiger partial charge in [0.05, 0.1) is 6.61 Å². The predicted octanol–water partition coefficient (Wildman–Crippen LogP) is 2.58. The van der Waals surface area contributed by atoms with Crippen LogP contribution in [-0.2, 0) is 28.9 Å². The minimum Gasteiger partial charge on any atom is -0.465 e. The number of benzene rings is 1. The molecule has 4 nitrogen and oxygen atoms in total. The summed E-state index contributed by atoms with van der Waals surface area (Å²) in [5.74, 6) is -0.533. The van der Waals surface area contributed by atoms with Crippen LogP contribution in [0.4, 0.5) is 4.39 Å². The Morgan fingerprint density at radius 2 is 2.27 bits per heavy atom. The van der Waals surface area contributed by atoms with Gasteiger partial charge in [-0.3, -0.25) is 4.79 Å². The third-order valence-electron chi connectivity index (χ3n) is 4.06. The Morgan fingerprint density at radius 3 is 3.00 bits per heavy atom. The van der Waals surface area contributed by atoms with Crippen LogP contribution in [0.2, 0.25) is 0 Å². The first kappa shape index (κ1) is 16.8. The maximum atomic E-state index is 13.6. The van der Waals surface area contributed by atoms with Crippen molar-refractivity contribution in [3.8, 4) is 0 Å². The number of nitrogens with two attached hydrogens (primary N) is 1. The summed E-state index contributed by atoms with van der Waals surface area (Å²) in [5, 5.41) is 0.865. The van der Waals surface area contributed by atoms with E-state index in [4.69, 9.17) is 10.5 Å². The number of ether oxygens (including phenoxy) is 1. The largest absolute Gasteiger partial charge is 0.465 e. The van der Waals surface area contributed by atoms with Crippen LogP contribution in [0.1, 0.15) is 24.6 Å². The molecule has 0 spiro atoms. The van der Waals surface area contributed by atoms with Crippen molar-refractivity contribution in [3.05, 3.63) is 35.3 Å². The van der Waals surface area contributed by atoms with Gasteiger partial charge in [0.1, 0.15) is 12.4 Å². The number of esters is 1. The number of carbonyl (C=O) groups is 1. The summed E-state index contributed by atoms with van der Waals surface area (Å²) in [6, 6.07) is 4.79. The second-order valence-corrected chi connectivity index (χ2v) is 5.48. The smallest absolute Gasteiger partial charge is 0.325 e. The van der Waals surface area contributed by atoms with Gasteiger partial charge in [0, 0.05) is 22.6 Å². The number of hydrogen-bond donors (Lipinski definition) is 1. The minimum absolute atomic E-state index is 0. The molecule has 0 unspecified atom stereocenters. The van der Waals surface area contributed by atoms with Crippen LogP contribution < -0.4 is 5.73 Å². The van der Waals surface area contributed by atoms with E-state index in [1.165, 1.54) is 12.1 Å². The van der Waals surface area contributed by atoms with Crippen LogP contribution in [0.15, 0.2) is 18.2 Å². The van der Waals surface area contributed by atoms with Crippen LogP contribution in [0, 0.1) is 5.82 Å². The molecule has 0 bridgehead atoms. The molecule has 1 atom stereocenters. The Bertz CT molecular complexity index is 699. The zero-order valence-electron chi connectivity index (χ0n) is 12.5. The molecule has 120 valence electrons. The molecule has 0 radical (unpaired) electrons. The topological polar surface area (TPSA) is 57.2 Å². The van der Waals surface area contributed by atoms with Gasteiger partial charge in [-0.25, -0.2) is 4.39 Å². The van der Waals surface area contributed by atoms with Gasteiger partial charge in [0.25, 0.3) is 0 Å². The minimum atomic E-state index is -0.267. The summed E-state index contributed by atoms with van der Waals surface area (Å²) >= 11 is 0. The fraction of sp³-hybridized carbons (Fsp3) is 0.438. The number of nitrogens with zero attached hydrogens (tertiary/aromatic N) is 1. The van der Waals surface area contributed by atoms with E-state index in [-0.39, 0.29) is 36.8 Å². The highest BCUT2D eigenvalue weighted by molar-refractivity contribution is 5.87. The van der Waals surface area contributed by atoms with E-state index in [2.05, 4.69) is 0 Å². The summed E-state index contributed by atoms with van der Waals surface area (Å²) < 4.78 is 20.6. The van der Waals surface area contributed by atoms with E-state index in [1.54, 1.807) is 13.0 Å². The van der Waals surface area contributed by atoms with Gasteiger partial charge in [-0.1, -0.05) is 0 Å². The normalized spacial score (nSPS) is 17.0. The van der Waals surface area contributed by atoms with Gasteiger partial charge < -0.3 is 15.0 Å². The zero-order chi connectivity index (χ0) is 15.0. The first-order valence-corrected chi connectivity index (χ1v) is 7.30. The van der Waals surface area contributed by atoms with Crippen molar-refractivity contribution in [2.24, 2.45) is 5.73 Å². The van der Waals surface area contributed by atoms with Crippen molar-refractivity contribution in [2.45, 2.75) is 38.8 Å². The standard InChI is InChI=1S/C16H19FN2O2.ClH/c1-2-21-16(20)9-19-14-5-3-10(17)7-12(14)13-8-11(18)4-6-15(13)19;/h3,5,7,11H,2,4,6,8-9,18H2,1H3;1H/t11-;/m1./s1. The number of carbonyl (C=O) groups excluding carboxylic acids is 1. The summed E-state index contributed by atoms with van der Waals surface area (Å²) in [4.78, 5) is 11.8. The van der Waals surface area contributed by atoms with Crippen molar-refractivity contribution in [1.82, 2.24) is 4.57 Å². The predicted molar refractivity (Wildman–Crippen MR) is 85.8 cm³/mol. The van der Waals surface area contributed by atoms with Crippen molar-refractivity contribution in [3.63, 3.8) is 0 Å². The number of aromatic nitrogens is 1. The van der Waals surface area contributed by atoms with Crippen LogP contribution in [0.3, 0.4) is 0 Å². The molecule has 2 aromatic rings. The average Bonchev–Trinajstić information content (AvgIpc) is 2.72. The Kier molecular flexibility index (Phi) is 5.08. The molecule has 6 heteroatoms. The maximum Gasteiger partial charge on any atom is 0.325 e. The van der Waals surface area contributed by atoms with E-state index in [0.29, 0.717) is 6.61 Å². The van der Waals surface area contributed by atoms with Crippen molar-refractivity contribution < 1.29 is 13.9 Å². The van der Waals surface area contributed by atoms with E-state index in [0.717, 1.165) is 41.4 Å². The third-order valence-corrected chi connectivity index (χ3v) is 4.06. The molecule has 1 aromatic heterocycles. The highest BCUT2D eigenvalue weighted by atomic mass is 35.5. The molecule has 1 heterocycles. The molecule has 1 aliphatic carbocycles. The van der Waals surface area contributed by atoms with Crippen LogP contribution in [-0.4, -0.2) is 23.2 Å². The molecule has 0 amide bonds. The molecule has 0 fully saturated rings. The van der Waals surface area contributed by atoms with E-state index >= 15 is 0 Å². The Balaban J connectivity index is 0.00000176. The van der Waals surface area contributed by atoms with Crippen molar-refractivity contribution >= 4 is 29.3 Å². The fourth-order valence-corrected chi connectivity index (χ4v) is 3.17. The van der Waals surface area contributed by atoms with Crippen LogP contribution in [0.25, 0.3) is 10.9 Å². The Hall–Kier alpha value is -1.59. The number of fused-ring (bicyclic) bond motifs is 3. The molecule has 1 aliphatic rings. The average molecular weight is 327 g/mol. The highest BCUT2D eigenvalue weighted by Gasteiger charge is 2.24. The number of hydrogen-bond acceptors (Lipinski definition) is 3. The molecular weight excluding hydrogens is 307 g/mol. The Morgan fingerprint density at radius 1 is 1.50 bits per heavy atom. The lowest BCUT2D eigenvalue weighted by molar-refractivity contribution is -0.143. The SMILES string of the molecule is CCOC(=O)Cn1c2c(c3cc(F)ccc31)C[C@H](N)CC2.Cl. The Labute approximate surface area is 134 Å². The second-order valence-electron chi connectivity index (χ2n) is 5.48. The van der Waals surface area contributed by atoms with E-state index < -0.39 is 0 Å². The summed E-state index contributed by atoms with van der Waals surface area (Å²) in [5.41, 5.74) is 9.09. The van der Waals surface area contributed by atoms with Crippen molar-refractivity contribution in [2.75, 3.05) is 6.61 Å². The molecule has 0 saturated heterocycles. The maximum absolute atomic E-state index is 13.6. The lowest BCUT2D eigenvalue weighted by Gasteiger charge is -2.20. The van der Waals surface area contributed by atoms with Gasteiger partial charge in [0.15, 0.2) is 0 Å². The first-order chi connectivity index (χ1) is 10.1. The van der Waals surface area contributed by atoms with Crippen molar-refractivity contribution in [1.29, 1.82) is 0 Å². The quantitative estimate of drug-likeness (QED) is 0.882. The lowest BCUT2D eigenvalue weighted by Crippen LogP contribution is -2.28. The number of rotatable bonds is 3. The van der Waals surface area contributed by atoms with E-state index in [9.17, 15) is 9.18 Å². The number of halogens is 2. The van der Waals surface area contributed by atoms with Gasteiger partial charge in [-0.15, -0.1) is 12.4 Å². The zero-order valence-corrected chi connectivity index (χ0v) is 13.3. The molecule has 1 aromatic carbocycles. The van der Waals surface area contributed by atoms with Gasteiger partial charge in [-0.2, -0.15) is 0 Å². The molecule has 0 aliphatic heterocycles. The molecule has 3 rings (SSSR count). The highest BCUT2D eigenvalue weighted by Crippen LogP contribution is 2.32. The lowest BCUT2D eigenvalue weighted by atomic mass is 9.92. The summed E-state index contributed by atoms with van der Waals surface area (Å²) in [6.45, 7) is 2.32. The van der Waals surface area contributed by atoms with Gasteiger partial charge in [-0.05, 0) is 49.9 Å². The third kappa shape index (κ3) is 2.96. The monoisotopic (exact) mass is 326 g/mol. The first-order valence-electron chi connectivity index (χ1n) is 7.30. The van der Waals surface area contributed by atoms with Crippen LogP contribution >= 0.6 is 12.4 Å². The van der Waals surface area contributed by atoms with Crippen LogP contribution in [0.5, 0.6) is 0 Å². The molecule has 22 heavy (non-hydrogen) atoms. The summed E-state index contributed by atoms with van der Waals surface area (Å²) in [7, 11) is 0. The van der Waals surface area contributed by atoms with Gasteiger partial charge in [0.2, 0.25) is 0 Å². The molecule has 0 saturated carbocycles. The molecular formula is C16H20ClFN2O2. The summed E-state index contributed by atoms with van der Waals surface area (Å²) in [6.07, 6.45) is 2.42.